The van der Waals surface area contributed by atoms with E-state index in [0.717, 1.165) is 39.9 Å². The van der Waals surface area contributed by atoms with Crippen LogP contribution in [0.2, 0.25) is 0 Å². The zero-order valence-corrected chi connectivity index (χ0v) is 15.8. The second-order valence-electron chi connectivity index (χ2n) is 6.92. The van der Waals surface area contributed by atoms with E-state index in [1.54, 1.807) is 6.20 Å². The van der Waals surface area contributed by atoms with Gasteiger partial charge in [-0.3, -0.25) is 4.79 Å². The maximum Gasteiger partial charge on any atom is 0.416 e. The average Bonchev–Trinajstić information content (AvgIpc) is 3.21. The Bertz CT molecular complexity index is 1200. The van der Waals surface area contributed by atoms with E-state index in [9.17, 15) is 18.0 Å². The normalized spacial score (nSPS) is 11.6. The summed E-state index contributed by atoms with van der Waals surface area (Å²) in [7, 11) is 0. The molecule has 0 spiro atoms. The van der Waals surface area contributed by atoms with Gasteiger partial charge in [0.2, 0.25) is 0 Å². The minimum Gasteiger partial charge on any atom is -0.352 e. The van der Waals surface area contributed by atoms with Gasteiger partial charge >= 0.3 is 6.18 Å². The minimum absolute atomic E-state index is 0.00976. The molecule has 4 nitrogen and oxygen atoms in total. The van der Waals surface area contributed by atoms with Gasteiger partial charge in [0.15, 0.2) is 0 Å². The molecule has 0 aliphatic heterocycles. The smallest absolute Gasteiger partial charge is 0.352 e. The van der Waals surface area contributed by atoms with Crippen molar-refractivity contribution in [3.8, 4) is 11.1 Å². The monoisotopic (exact) mass is 409 g/mol. The highest BCUT2D eigenvalue weighted by Crippen LogP contribution is 2.29. The first kappa shape index (κ1) is 19.7. The molecule has 0 aliphatic rings. The van der Waals surface area contributed by atoms with Crippen LogP contribution in [-0.2, 0) is 12.6 Å². The third-order valence-electron chi connectivity index (χ3n) is 4.81. The predicted molar refractivity (Wildman–Crippen MR) is 109 cm³/mol. The lowest BCUT2D eigenvalue weighted by atomic mass is 10.0. The number of carbonyl (C=O) groups is 1. The van der Waals surface area contributed by atoms with Crippen LogP contribution in [0.1, 0.15) is 21.5 Å². The van der Waals surface area contributed by atoms with Crippen LogP contribution in [0.5, 0.6) is 0 Å². The number of hydrogen-bond acceptors (Lipinski definition) is 2. The summed E-state index contributed by atoms with van der Waals surface area (Å²) in [5.41, 5.74) is 2.97. The highest BCUT2D eigenvalue weighted by molar-refractivity contribution is 5.94. The van der Waals surface area contributed by atoms with Gasteiger partial charge in [0.05, 0.1) is 5.56 Å². The first-order valence-electron chi connectivity index (χ1n) is 9.38. The number of pyridine rings is 1. The Labute approximate surface area is 170 Å². The molecular formula is C23H18F3N3O. The van der Waals surface area contributed by atoms with Crippen LogP contribution in [0.3, 0.4) is 0 Å². The second kappa shape index (κ2) is 8.02. The van der Waals surface area contributed by atoms with Crippen molar-refractivity contribution in [1.82, 2.24) is 15.3 Å². The molecule has 0 fully saturated rings. The van der Waals surface area contributed by atoms with Gasteiger partial charge in [-0.15, -0.1) is 0 Å². The maximum atomic E-state index is 12.8. The summed E-state index contributed by atoms with van der Waals surface area (Å²) in [6, 6.07) is 16.3. The van der Waals surface area contributed by atoms with Crippen molar-refractivity contribution < 1.29 is 18.0 Å². The number of amides is 1. The topological polar surface area (TPSA) is 57.8 Å². The Kier molecular flexibility index (Phi) is 5.27. The van der Waals surface area contributed by atoms with Crippen molar-refractivity contribution in [2.45, 2.75) is 12.6 Å². The van der Waals surface area contributed by atoms with Crippen molar-refractivity contribution in [3.05, 3.63) is 89.7 Å². The summed E-state index contributed by atoms with van der Waals surface area (Å²) >= 11 is 0. The van der Waals surface area contributed by atoms with Gasteiger partial charge in [0.25, 0.3) is 5.91 Å². The van der Waals surface area contributed by atoms with Gasteiger partial charge in [0.1, 0.15) is 5.65 Å². The molecule has 152 valence electrons. The van der Waals surface area contributed by atoms with Gasteiger partial charge in [0, 0.05) is 35.5 Å². The number of fused-ring (bicyclic) bond motifs is 1. The third-order valence-corrected chi connectivity index (χ3v) is 4.81. The summed E-state index contributed by atoms with van der Waals surface area (Å²) in [5.74, 6) is -0.528. The standard InChI is InChI=1S/C23H18F3N3O/c24-23(25,26)20-6-2-5-18(13-20)22(30)28-9-7-15-3-1-4-16(11-15)19-12-17-8-10-27-21(17)29-14-19/h1-6,8,10-14H,7,9H2,(H,27,29)(H,28,30). The Hall–Kier alpha value is -3.61. The van der Waals surface area contributed by atoms with Gasteiger partial charge in [-0.25, -0.2) is 4.98 Å². The van der Waals surface area contributed by atoms with Crippen molar-refractivity contribution in [3.63, 3.8) is 0 Å². The van der Waals surface area contributed by atoms with Crippen molar-refractivity contribution in [2.75, 3.05) is 6.54 Å². The zero-order chi connectivity index (χ0) is 21.1. The van der Waals surface area contributed by atoms with E-state index in [2.05, 4.69) is 15.3 Å². The maximum absolute atomic E-state index is 12.8. The van der Waals surface area contributed by atoms with Gasteiger partial charge in [-0.1, -0.05) is 30.3 Å². The van der Waals surface area contributed by atoms with Gasteiger partial charge < -0.3 is 10.3 Å². The first-order chi connectivity index (χ1) is 14.4. The molecule has 7 heteroatoms. The van der Waals surface area contributed by atoms with Crippen LogP contribution in [0.15, 0.2) is 73.1 Å². The quantitative estimate of drug-likeness (QED) is 0.475. The van der Waals surface area contributed by atoms with E-state index >= 15 is 0 Å². The molecule has 0 bridgehead atoms. The number of halogens is 3. The Morgan fingerprint density at radius 1 is 1.00 bits per heavy atom. The van der Waals surface area contributed by atoms with Gasteiger partial charge in [-0.2, -0.15) is 13.2 Å². The zero-order valence-electron chi connectivity index (χ0n) is 15.8. The first-order valence-corrected chi connectivity index (χ1v) is 9.38. The summed E-state index contributed by atoms with van der Waals surface area (Å²) in [6.45, 7) is 0.313. The summed E-state index contributed by atoms with van der Waals surface area (Å²) < 4.78 is 38.4. The lowest BCUT2D eigenvalue weighted by Gasteiger charge is -2.10. The molecule has 0 aliphatic carbocycles. The number of alkyl halides is 3. The van der Waals surface area contributed by atoms with Gasteiger partial charge in [-0.05, 0) is 47.9 Å². The van der Waals surface area contributed by atoms with Crippen LogP contribution in [-0.4, -0.2) is 22.4 Å². The number of hydrogen-bond donors (Lipinski definition) is 2. The van der Waals surface area contributed by atoms with E-state index in [1.807, 2.05) is 42.6 Å². The van der Waals surface area contributed by atoms with Crippen LogP contribution in [0, 0.1) is 0 Å². The number of aromatic amines is 1. The molecule has 30 heavy (non-hydrogen) atoms. The number of carbonyl (C=O) groups excluding carboxylic acids is 1. The largest absolute Gasteiger partial charge is 0.416 e. The molecule has 0 saturated carbocycles. The molecule has 2 aromatic heterocycles. The van der Waals surface area contributed by atoms with E-state index in [0.29, 0.717) is 13.0 Å². The second-order valence-corrected chi connectivity index (χ2v) is 6.92. The fourth-order valence-electron chi connectivity index (χ4n) is 3.26. The predicted octanol–water partition coefficient (Wildman–Crippen LogP) is 5.22. The summed E-state index contributed by atoms with van der Waals surface area (Å²) in [4.78, 5) is 19.7. The molecule has 2 N–H and O–H groups in total. The number of rotatable bonds is 5. The molecule has 0 radical (unpaired) electrons. The highest BCUT2D eigenvalue weighted by atomic mass is 19.4. The Morgan fingerprint density at radius 2 is 1.83 bits per heavy atom. The number of H-pyrrole nitrogens is 1. The lowest BCUT2D eigenvalue weighted by Crippen LogP contribution is -2.26. The Balaban J connectivity index is 1.41. The molecule has 2 heterocycles. The number of aromatic nitrogens is 2. The molecule has 0 unspecified atom stereocenters. The Morgan fingerprint density at radius 3 is 2.67 bits per heavy atom. The van der Waals surface area contributed by atoms with Crippen LogP contribution < -0.4 is 5.32 Å². The van der Waals surface area contributed by atoms with Crippen molar-refractivity contribution in [2.24, 2.45) is 0 Å². The fourth-order valence-corrected chi connectivity index (χ4v) is 3.26. The number of nitrogens with zero attached hydrogens (tertiary/aromatic N) is 1. The van der Waals surface area contributed by atoms with E-state index < -0.39 is 17.6 Å². The van der Waals surface area contributed by atoms with Crippen molar-refractivity contribution in [1.29, 1.82) is 0 Å². The van der Waals surface area contributed by atoms with E-state index in [4.69, 9.17) is 0 Å². The number of benzene rings is 2. The fraction of sp³-hybridized carbons (Fsp3) is 0.130. The number of nitrogens with one attached hydrogen (secondary N) is 2. The van der Waals surface area contributed by atoms with E-state index in [1.165, 1.54) is 12.1 Å². The molecule has 4 aromatic rings. The average molecular weight is 409 g/mol. The lowest BCUT2D eigenvalue weighted by molar-refractivity contribution is -0.137. The molecular weight excluding hydrogens is 391 g/mol. The molecule has 2 aromatic carbocycles. The SMILES string of the molecule is O=C(NCCc1cccc(-c2cnc3[nH]ccc3c2)c1)c1cccc(C(F)(F)F)c1. The third kappa shape index (κ3) is 4.35. The van der Waals surface area contributed by atoms with Crippen LogP contribution in [0.4, 0.5) is 13.2 Å². The van der Waals surface area contributed by atoms with E-state index in [-0.39, 0.29) is 5.56 Å². The summed E-state index contributed by atoms with van der Waals surface area (Å²) in [5, 5.41) is 3.70. The van der Waals surface area contributed by atoms with Crippen molar-refractivity contribution >= 4 is 16.9 Å². The molecule has 0 saturated heterocycles. The molecule has 0 atom stereocenters. The molecule has 1 amide bonds. The molecule has 4 rings (SSSR count). The minimum atomic E-state index is -4.48. The van der Waals surface area contributed by atoms with Crippen LogP contribution in [0.25, 0.3) is 22.2 Å². The summed E-state index contributed by atoms with van der Waals surface area (Å²) in [6.07, 6.45) is -0.286. The van der Waals surface area contributed by atoms with Crippen LogP contribution >= 0.6 is 0 Å². The highest BCUT2D eigenvalue weighted by Gasteiger charge is 2.30.